The first kappa shape index (κ1) is 14.8. The molecule has 0 unspecified atom stereocenters. The number of carbonyl (C=O) groups is 2. The van der Waals surface area contributed by atoms with Crippen LogP contribution in [0.3, 0.4) is 0 Å². The van der Waals surface area contributed by atoms with E-state index in [0.717, 1.165) is 5.56 Å². The van der Waals surface area contributed by atoms with Gasteiger partial charge >= 0.3 is 5.97 Å². The van der Waals surface area contributed by atoms with Crippen LogP contribution in [-0.2, 0) is 14.3 Å². The molecule has 1 amide bonds. The molecule has 1 aromatic carbocycles. The number of amides is 1. The molecule has 1 aliphatic rings. The number of halogens is 1. The SMILES string of the molecule is C[C@@H](C(=O)N1CCO[C@H](C(=O)O)C1)c1cccc(Cl)c1. The van der Waals surface area contributed by atoms with E-state index in [1.807, 2.05) is 6.07 Å². The zero-order chi connectivity index (χ0) is 14.7. The number of hydrogen-bond acceptors (Lipinski definition) is 3. The van der Waals surface area contributed by atoms with Gasteiger partial charge in [0, 0.05) is 11.6 Å². The quantitative estimate of drug-likeness (QED) is 0.923. The summed E-state index contributed by atoms with van der Waals surface area (Å²) >= 11 is 5.92. The number of morpholine rings is 1. The van der Waals surface area contributed by atoms with E-state index in [0.29, 0.717) is 11.6 Å². The van der Waals surface area contributed by atoms with E-state index < -0.39 is 12.1 Å². The summed E-state index contributed by atoms with van der Waals surface area (Å²) < 4.78 is 5.11. The normalized spacial score (nSPS) is 20.5. The number of ether oxygens (including phenoxy) is 1. The lowest BCUT2D eigenvalue weighted by Crippen LogP contribution is -2.49. The number of hydrogen-bond donors (Lipinski definition) is 1. The molecular weight excluding hydrogens is 282 g/mol. The Labute approximate surface area is 122 Å². The maximum atomic E-state index is 12.4. The summed E-state index contributed by atoms with van der Waals surface area (Å²) in [6.45, 7) is 2.52. The van der Waals surface area contributed by atoms with E-state index in [9.17, 15) is 9.59 Å². The summed E-state index contributed by atoms with van der Waals surface area (Å²) in [6.07, 6.45) is -0.945. The van der Waals surface area contributed by atoms with Gasteiger partial charge in [-0.1, -0.05) is 23.7 Å². The third-order valence-corrected chi connectivity index (χ3v) is 3.61. The van der Waals surface area contributed by atoms with Crippen LogP contribution in [0.25, 0.3) is 0 Å². The molecule has 0 aromatic heterocycles. The number of carboxylic acid groups (broad SMARTS) is 1. The van der Waals surface area contributed by atoms with Crippen LogP contribution in [0, 0.1) is 0 Å². The minimum Gasteiger partial charge on any atom is -0.479 e. The zero-order valence-electron chi connectivity index (χ0n) is 11.1. The molecule has 2 atom stereocenters. The molecule has 1 saturated heterocycles. The van der Waals surface area contributed by atoms with E-state index >= 15 is 0 Å². The van der Waals surface area contributed by atoms with Crippen LogP contribution >= 0.6 is 11.6 Å². The number of rotatable bonds is 3. The van der Waals surface area contributed by atoms with E-state index in [2.05, 4.69) is 0 Å². The number of nitrogens with zero attached hydrogens (tertiary/aromatic N) is 1. The highest BCUT2D eigenvalue weighted by Gasteiger charge is 2.31. The van der Waals surface area contributed by atoms with Crippen molar-refractivity contribution in [2.45, 2.75) is 18.9 Å². The molecule has 108 valence electrons. The Morgan fingerprint density at radius 2 is 2.25 bits per heavy atom. The topological polar surface area (TPSA) is 66.8 Å². The van der Waals surface area contributed by atoms with Crippen molar-refractivity contribution in [3.63, 3.8) is 0 Å². The van der Waals surface area contributed by atoms with Gasteiger partial charge in [0.05, 0.1) is 19.1 Å². The largest absolute Gasteiger partial charge is 0.479 e. The van der Waals surface area contributed by atoms with Crippen molar-refractivity contribution in [3.05, 3.63) is 34.9 Å². The number of benzene rings is 1. The summed E-state index contributed by atoms with van der Waals surface area (Å²) in [7, 11) is 0. The van der Waals surface area contributed by atoms with Crippen molar-refractivity contribution in [2.75, 3.05) is 19.7 Å². The standard InChI is InChI=1S/C14H16ClNO4/c1-9(10-3-2-4-11(15)7-10)13(17)16-5-6-20-12(8-16)14(18)19/h2-4,7,9,12H,5-6,8H2,1H3,(H,18,19)/t9-,12+/m1/s1. The number of carbonyl (C=O) groups excluding carboxylic acids is 1. The monoisotopic (exact) mass is 297 g/mol. The third kappa shape index (κ3) is 3.29. The molecule has 1 N–H and O–H groups in total. The molecule has 6 heteroatoms. The molecule has 5 nitrogen and oxygen atoms in total. The minimum atomic E-state index is -1.04. The van der Waals surface area contributed by atoms with Crippen LogP contribution in [0.15, 0.2) is 24.3 Å². The Bertz CT molecular complexity index is 520. The predicted octanol–water partition coefficient (Wildman–Crippen LogP) is 1.76. The number of aliphatic carboxylic acids is 1. The highest BCUT2D eigenvalue weighted by atomic mass is 35.5. The Hall–Kier alpha value is -1.59. The maximum absolute atomic E-state index is 12.4. The molecule has 2 rings (SSSR count). The predicted molar refractivity (Wildman–Crippen MR) is 73.8 cm³/mol. The molecule has 0 bridgehead atoms. The fourth-order valence-electron chi connectivity index (χ4n) is 2.19. The van der Waals surface area contributed by atoms with Crippen LogP contribution in [0.2, 0.25) is 5.02 Å². The molecule has 20 heavy (non-hydrogen) atoms. The van der Waals surface area contributed by atoms with Crippen LogP contribution < -0.4 is 0 Å². The van der Waals surface area contributed by atoms with Crippen molar-refractivity contribution in [1.82, 2.24) is 4.90 Å². The summed E-state index contributed by atoms with van der Waals surface area (Å²) in [5.41, 5.74) is 0.820. The minimum absolute atomic E-state index is 0.0824. The fraction of sp³-hybridized carbons (Fsp3) is 0.429. The molecule has 1 aliphatic heterocycles. The van der Waals surface area contributed by atoms with Gasteiger partial charge in [-0.15, -0.1) is 0 Å². The first-order chi connectivity index (χ1) is 9.49. The van der Waals surface area contributed by atoms with Gasteiger partial charge in [0.2, 0.25) is 5.91 Å². The van der Waals surface area contributed by atoms with Gasteiger partial charge in [-0.2, -0.15) is 0 Å². The molecule has 0 aliphatic carbocycles. The van der Waals surface area contributed by atoms with Gasteiger partial charge in [0.15, 0.2) is 6.10 Å². The van der Waals surface area contributed by atoms with Crippen molar-refractivity contribution >= 4 is 23.5 Å². The molecule has 0 radical (unpaired) electrons. The summed E-state index contributed by atoms with van der Waals surface area (Å²) in [6, 6.07) is 7.13. The van der Waals surface area contributed by atoms with Gasteiger partial charge in [0.25, 0.3) is 0 Å². The molecule has 0 spiro atoms. The summed E-state index contributed by atoms with van der Waals surface area (Å²) in [5.74, 6) is -1.51. The van der Waals surface area contributed by atoms with Crippen LogP contribution in [0.1, 0.15) is 18.4 Å². The Morgan fingerprint density at radius 3 is 2.90 bits per heavy atom. The third-order valence-electron chi connectivity index (χ3n) is 3.37. The Morgan fingerprint density at radius 1 is 1.50 bits per heavy atom. The van der Waals surface area contributed by atoms with E-state index in [1.165, 1.54) is 4.90 Å². The molecule has 1 heterocycles. The van der Waals surface area contributed by atoms with Crippen molar-refractivity contribution in [2.24, 2.45) is 0 Å². The van der Waals surface area contributed by atoms with Crippen molar-refractivity contribution in [1.29, 1.82) is 0 Å². The van der Waals surface area contributed by atoms with E-state index in [-0.39, 0.29) is 25.0 Å². The highest BCUT2D eigenvalue weighted by Crippen LogP contribution is 2.22. The van der Waals surface area contributed by atoms with Crippen LogP contribution in [-0.4, -0.2) is 47.7 Å². The summed E-state index contributed by atoms with van der Waals surface area (Å²) in [5, 5.41) is 9.53. The van der Waals surface area contributed by atoms with Gasteiger partial charge in [-0.05, 0) is 24.6 Å². The fourth-order valence-corrected chi connectivity index (χ4v) is 2.39. The van der Waals surface area contributed by atoms with Gasteiger partial charge in [-0.25, -0.2) is 4.79 Å². The van der Waals surface area contributed by atoms with Crippen molar-refractivity contribution < 1.29 is 19.4 Å². The Kier molecular flexibility index (Phi) is 4.62. The van der Waals surface area contributed by atoms with Crippen LogP contribution in [0.4, 0.5) is 0 Å². The lowest BCUT2D eigenvalue weighted by molar-refractivity contribution is -0.159. The van der Waals surface area contributed by atoms with Crippen molar-refractivity contribution in [3.8, 4) is 0 Å². The lowest BCUT2D eigenvalue weighted by Gasteiger charge is -2.32. The smallest absolute Gasteiger partial charge is 0.334 e. The molecule has 0 saturated carbocycles. The molecule has 1 fully saturated rings. The second-order valence-electron chi connectivity index (χ2n) is 4.76. The van der Waals surface area contributed by atoms with Gasteiger partial charge in [-0.3, -0.25) is 4.79 Å². The first-order valence-electron chi connectivity index (χ1n) is 6.37. The average molecular weight is 298 g/mol. The summed E-state index contributed by atoms with van der Waals surface area (Å²) in [4.78, 5) is 24.9. The number of carboxylic acids is 1. The zero-order valence-corrected chi connectivity index (χ0v) is 11.8. The molecular formula is C14H16ClNO4. The second kappa shape index (κ2) is 6.24. The van der Waals surface area contributed by atoms with E-state index in [4.69, 9.17) is 21.4 Å². The van der Waals surface area contributed by atoms with Crippen LogP contribution in [0.5, 0.6) is 0 Å². The lowest BCUT2D eigenvalue weighted by atomic mass is 9.99. The Balaban J connectivity index is 2.08. The first-order valence-corrected chi connectivity index (χ1v) is 6.75. The highest BCUT2D eigenvalue weighted by molar-refractivity contribution is 6.30. The maximum Gasteiger partial charge on any atom is 0.334 e. The van der Waals surface area contributed by atoms with Gasteiger partial charge < -0.3 is 14.7 Å². The van der Waals surface area contributed by atoms with Gasteiger partial charge in [0.1, 0.15) is 0 Å². The molecule has 1 aromatic rings. The average Bonchev–Trinajstić information content (AvgIpc) is 2.45. The van der Waals surface area contributed by atoms with E-state index in [1.54, 1.807) is 25.1 Å². The second-order valence-corrected chi connectivity index (χ2v) is 5.20.